The van der Waals surface area contributed by atoms with Crippen LogP contribution >= 0.6 is 11.8 Å². The molecule has 0 aliphatic carbocycles. The first-order valence-corrected chi connectivity index (χ1v) is 9.96. The minimum absolute atomic E-state index is 0.00614. The second kappa shape index (κ2) is 9.04. The van der Waals surface area contributed by atoms with Gasteiger partial charge in [-0.15, -0.1) is 0 Å². The van der Waals surface area contributed by atoms with Gasteiger partial charge in [-0.1, -0.05) is 11.8 Å². The number of rotatable bonds is 7. The maximum absolute atomic E-state index is 13.2. The number of ether oxygens (including phenoxy) is 1. The summed E-state index contributed by atoms with van der Waals surface area (Å²) in [6, 6.07) is 7.94. The zero-order valence-electron chi connectivity index (χ0n) is 15.9. The molecular weight excluding hydrogens is 400 g/mol. The highest BCUT2D eigenvalue weighted by Crippen LogP contribution is 2.25. The van der Waals surface area contributed by atoms with E-state index in [0.29, 0.717) is 22.8 Å². The van der Waals surface area contributed by atoms with Gasteiger partial charge in [-0.05, 0) is 44.2 Å². The largest absolute Gasteiger partial charge is 0.462 e. The number of imidazole rings is 1. The Morgan fingerprint density at radius 3 is 2.52 bits per heavy atom. The van der Waals surface area contributed by atoms with E-state index in [2.05, 4.69) is 10.3 Å². The predicted octanol–water partition coefficient (Wildman–Crippen LogP) is 4.24. The topological polar surface area (TPSA) is 73.2 Å². The number of thioether (sulfide) groups is 1. The van der Waals surface area contributed by atoms with Crippen LogP contribution in [-0.4, -0.2) is 33.8 Å². The molecule has 1 amide bonds. The van der Waals surface area contributed by atoms with Gasteiger partial charge in [0.05, 0.1) is 29.0 Å². The fourth-order valence-electron chi connectivity index (χ4n) is 2.82. The van der Waals surface area contributed by atoms with Gasteiger partial charge in [0, 0.05) is 18.3 Å². The molecule has 9 heteroatoms. The van der Waals surface area contributed by atoms with Gasteiger partial charge in [0.15, 0.2) is 5.16 Å². The number of esters is 1. The number of hydrogen-bond acceptors (Lipinski definition) is 5. The van der Waals surface area contributed by atoms with Crippen molar-refractivity contribution in [2.75, 3.05) is 17.7 Å². The number of anilines is 1. The van der Waals surface area contributed by atoms with E-state index in [1.807, 2.05) is 11.5 Å². The maximum Gasteiger partial charge on any atom is 0.338 e. The van der Waals surface area contributed by atoms with Crippen molar-refractivity contribution >= 4 is 40.4 Å². The number of nitrogens with zero attached hydrogens (tertiary/aromatic N) is 2. The number of carbonyl (C=O) groups excluding carboxylic acids is 2. The van der Waals surface area contributed by atoms with E-state index < -0.39 is 23.5 Å². The molecule has 6 nitrogen and oxygen atoms in total. The van der Waals surface area contributed by atoms with Crippen LogP contribution in [0.1, 0.15) is 24.2 Å². The number of hydrogen-bond donors (Lipinski definition) is 1. The van der Waals surface area contributed by atoms with Crippen LogP contribution in [0.5, 0.6) is 0 Å². The first-order valence-electron chi connectivity index (χ1n) is 8.97. The van der Waals surface area contributed by atoms with Crippen LogP contribution in [0.25, 0.3) is 11.0 Å². The summed E-state index contributed by atoms with van der Waals surface area (Å²) >= 11 is 1.19. The van der Waals surface area contributed by atoms with Crippen LogP contribution in [0.2, 0.25) is 0 Å². The fraction of sp³-hybridized carbons (Fsp3) is 0.250. The number of carbonyl (C=O) groups is 2. The van der Waals surface area contributed by atoms with Crippen LogP contribution in [0, 0.1) is 11.6 Å². The predicted molar refractivity (Wildman–Crippen MR) is 107 cm³/mol. The van der Waals surface area contributed by atoms with E-state index in [0.717, 1.165) is 23.7 Å². The Bertz CT molecular complexity index is 1050. The molecule has 0 radical (unpaired) electrons. The number of benzene rings is 2. The van der Waals surface area contributed by atoms with Gasteiger partial charge in [0.2, 0.25) is 5.91 Å². The smallest absolute Gasteiger partial charge is 0.338 e. The molecule has 1 heterocycles. The van der Waals surface area contributed by atoms with E-state index in [1.165, 1.54) is 11.8 Å². The Morgan fingerprint density at radius 2 is 1.86 bits per heavy atom. The molecule has 0 spiro atoms. The number of amides is 1. The van der Waals surface area contributed by atoms with Crippen LogP contribution in [-0.2, 0) is 16.1 Å². The fourth-order valence-corrected chi connectivity index (χ4v) is 3.70. The summed E-state index contributed by atoms with van der Waals surface area (Å²) in [5.74, 6) is -2.36. The van der Waals surface area contributed by atoms with Gasteiger partial charge in [-0.25, -0.2) is 18.6 Å². The monoisotopic (exact) mass is 419 g/mol. The van der Waals surface area contributed by atoms with Crippen molar-refractivity contribution in [2.24, 2.45) is 0 Å². The Kier molecular flexibility index (Phi) is 6.48. The maximum atomic E-state index is 13.2. The van der Waals surface area contributed by atoms with Crippen molar-refractivity contribution in [2.45, 2.75) is 25.5 Å². The van der Waals surface area contributed by atoms with E-state index >= 15 is 0 Å². The minimum atomic E-state index is -0.766. The van der Waals surface area contributed by atoms with Gasteiger partial charge in [-0.3, -0.25) is 4.79 Å². The first-order chi connectivity index (χ1) is 13.9. The molecule has 0 aliphatic heterocycles. The summed E-state index contributed by atoms with van der Waals surface area (Å²) in [7, 11) is 0. The Balaban J connectivity index is 1.75. The minimum Gasteiger partial charge on any atom is -0.462 e. The molecule has 29 heavy (non-hydrogen) atoms. The summed E-state index contributed by atoms with van der Waals surface area (Å²) in [6.07, 6.45) is 0. The summed E-state index contributed by atoms with van der Waals surface area (Å²) in [6.45, 7) is 4.58. The Hall–Kier alpha value is -2.94. The van der Waals surface area contributed by atoms with Crippen molar-refractivity contribution in [3.63, 3.8) is 0 Å². The molecule has 3 rings (SSSR count). The van der Waals surface area contributed by atoms with Gasteiger partial charge in [-0.2, -0.15) is 0 Å². The van der Waals surface area contributed by atoms with Crippen molar-refractivity contribution in [3.8, 4) is 0 Å². The number of aromatic nitrogens is 2. The molecule has 1 aromatic heterocycles. The van der Waals surface area contributed by atoms with E-state index in [1.54, 1.807) is 25.1 Å². The van der Waals surface area contributed by atoms with Crippen LogP contribution in [0.15, 0.2) is 41.6 Å². The third kappa shape index (κ3) is 4.92. The molecule has 1 N–H and O–H groups in total. The lowest BCUT2D eigenvalue weighted by atomic mass is 10.2. The van der Waals surface area contributed by atoms with Crippen molar-refractivity contribution in [1.29, 1.82) is 0 Å². The molecule has 0 aliphatic rings. The van der Waals surface area contributed by atoms with Crippen molar-refractivity contribution < 1.29 is 23.1 Å². The first kappa shape index (κ1) is 20.8. The summed E-state index contributed by atoms with van der Waals surface area (Å²) in [4.78, 5) is 28.6. The SMILES string of the molecule is CCOC(=O)c1ccc2c(c1)nc(SCC(=O)Nc1cc(F)cc(F)c1)n2CC. The highest BCUT2D eigenvalue weighted by molar-refractivity contribution is 7.99. The van der Waals surface area contributed by atoms with E-state index in [9.17, 15) is 18.4 Å². The number of nitrogens with one attached hydrogen (secondary N) is 1. The van der Waals surface area contributed by atoms with E-state index in [-0.39, 0.29) is 18.0 Å². The van der Waals surface area contributed by atoms with Gasteiger partial charge in [0.25, 0.3) is 0 Å². The van der Waals surface area contributed by atoms with Crippen molar-refractivity contribution in [1.82, 2.24) is 9.55 Å². The molecule has 0 bridgehead atoms. The molecule has 3 aromatic rings. The van der Waals surface area contributed by atoms with Crippen LogP contribution in [0.4, 0.5) is 14.5 Å². The van der Waals surface area contributed by atoms with Crippen LogP contribution in [0.3, 0.4) is 0 Å². The van der Waals surface area contributed by atoms with E-state index in [4.69, 9.17) is 4.74 Å². The molecule has 0 atom stereocenters. The lowest BCUT2D eigenvalue weighted by molar-refractivity contribution is -0.113. The number of fused-ring (bicyclic) bond motifs is 1. The van der Waals surface area contributed by atoms with Gasteiger partial charge in [0.1, 0.15) is 11.6 Å². The number of aryl methyl sites for hydroxylation is 1. The van der Waals surface area contributed by atoms with Gasteiger partial charge >= 0.3 is 5.97 Å². The normalized spacial score (nSPS) is 10.9. The number of halogens is 2. The lowest BCUT2D eigenvalue weighted by Gasteiger charge is -2.07. The standard InChI is InChI=1S/C20H19F2N3O3S/c1-3-25-17-6-5-12(19(27)28-4-2)7-16(17)24-20(25)29-11-18(26)23-15-9-13(21)8-14(22)10-15/h5-10H,3-4,11H2,1-2H3,(H,23,26). The molecule has 0 unspecified atom stereocenters. The highest BCUT2D eigenvalue weighted by atomic mass is 32.2. The molecule has 2 aromatic carbocycles. The average molecular weight is 419 g/mol. The third-order valence-corrected chi connectivity index (χ3v) is 5.00. The third-order valence-electron chi connectivity index (χ3n) is 4.02. The zero-order valence-corrected chi connectivity index (χ0v) is 16.7. The second-order valence-corrected chi connectivity index (χ2v) is 7.00. The Labute approximate surface area is 170 Å². The van der Waals surface area contributed by atoms with Crippen LogP contribution < -0.4 is 5.32 Å². The quantitative estimate of drug-likeness (QED) is 0.458. The summed E-state index contributed by atoms with van der Waals surface area (Å²) < 4.78 is 33.4. The molecule has 0 fully saturated rings. The molecule has 0 saturated carbocycles. The average Bonchev–Trinajstić information content (AvgIpc) is 3.02. The Morgan fingerprint density at radius 1 is 1.14 bits per heavy atom. The zero-order chi connectivity index (χ0) is 21.0. The summed E-state index contributed by atoms with van der Waals surface area (Å²) in [5, 5.41) is 3.07. The molecule has 152 valence electrons. The second-order valence-electron chi connectivity index (χ2n) is 6.06. The van der Waals surface area contributed by atoms with Gasteiger partial charge < -0.3 is 14.6 Å². The highest BCUT2D eigenvalue weighted by Gasteiger charge is 2.15. The van der Waals surface area contributed by atoms with Crippen molar-refractivity contribution in [3.05, 3.63) is 53.6 Å². The molecular formula is C20H19F2N3O3S. The summed E-state index contributed by atoms with van der Waals surface area (Å²) in [5.41, 5.74) is 1.90. The lowest BCUT2D eigenvalue weighted by Crippen LogP contribution is -2.15. The molecule has 0 saturated heterocycles.